The molecule has 0 aromatic carbocycles. The lowest BCUT2D eigenvalue weighted by Gasteiger charge is -2.49. The fraction of sp³-hybridized carbons (Fsp3) is 0.722. The number of hydrogen-bond acceptors (Lipinski definition) is 4. The Kier molecular flexibility index (Phi) is 4.18. The van der Waals surface area contributed by atoms with E-state index in [0.717, 1.165) is 23.1 Å². The third kappa shape index (κ3) is 3.19. The number of rotatable bonds is 5. The first-order valence-electron chi connectivity index (χ1n) is 8.61. The van der Waals surface area contributed by atoms with Crippen LogP contribution in [0.3, 0.4) is 0 Å². The van der Waals surface area contributed by atoms with Gasteiger partial charge in [-0.15, -0.1) is 11.8 Å². The van der Waals surface area contributed by atoms with Crippen molar-refractivity contribution in [1.29, 1.82) is 0 Å². The van der Waals surface area contributed by atoms with E-state index in [1.54, 1.807) is 0 Å². The molecule has 4 heteroatoms. The van der Waals surface area contributed by atoms with Crippen molar-refractivity contribution in [3.8, 4) is 0 Å². The number of likely N-dealkylation sites (tertiary alicyclic amines) is 1. The Balaban J connectivity index is 1.22. The molecule has 1 atom stereocenters. The number of nitrogens with zero attached hydrogens (tertiary/aromatic N) is 2. The molecule has 2 aliphatic heterocycles. The lowest BCUT2D eigenvalue weighted by molar-refractivity contribution is 0.0197. The summed E-state index contributed by atoms with van der Waals surface area (Å²) in [5.74, 6) is 2.16. The molecular formula is C18H26N2OS. The molecule has 2 saturated heterocycles. The Hall–Kier alpha value is -0.580. The van der Waals surface area contributed by atoms with Crippen molar-refractivity contribution in [2.75, 3.05) is 25.4 Å². The second-order valence-corrected chi connectivity index (χ2v) is 8.86. The molecule has 0 N–H and O–H groups in total. The molecular weight excluding hydrogens is 292 g/mol. The van der Waals surface area contributed by atoms with Crippen LogP contribution in [0.25, 0.3) is 0 Å². The van der Waals surface area contributed by atoms with Gasteiger partial charge in [0.05, 0.1) is 18.4 Å². The average Bonchev–Trinajstić information content (AvgIpc) is 2.84. The van der Waals surface area contributed by atoms with E-state index >= 15 is 0 Å². The zero-order valence-corrected chi connectivity index (χ0v) is 14.3. The van der Waals surface area contributed by atoms with E-state index < -0.39 is 0 Å². The van der Waals surface area contributed by atoms with Crippen LogP contribution in [0.1, 0.15) is 37.1 Å². The molecule has 1 aromatic rings. The molecule has 4 rings (SSSR count). The third-order valence-corrected chi connectivity index (χ3v) is 6.93. The van der Waals surface area contributed by atoms with Gasteiger partial charge in [-0.05, 0) is 44.2 Å². The molecule has 1 aliphatic carbocycles. The van der Waals surface area contributed by atoms with E-state index in [2.05, 4.69) is 33.8 Å². The molecule has 120 valence electrons. The van der Waals surface area contributed by atoms with Gasteiger partial charge in [-0.2, -0.15) is 0 Å². The number of hydrogen-bond donors (Lipinski definition) is 0. The quantitative estimate of drug-likeness (QED) is 0.832. The highest BCUT2D eigenvalue weighted by atomic mass is 32.2. The number of aromatic nitrogens is 1. The molecule has 0 bridgehead atoms. The normalized spacial score (nSPS) is 27.8. The van der Waals surface area contributed by atoms with Crippen molar-refractivity contribution in [3.63, 3.8) is 0 Å². The first-order chi connectivity index (χ1) is 10.7. The lowest BCUT2D eigenvalue weighted by atomic mass is 9.83. The maximum absolute atomic E-state index is 6.12. The molecule has 0 amide bonds. The number of pyridine rings is 1. The maximum Gasteiger partial charge on any atom is 0.0892 e. The fourth-order valence-corrected chi connectivity index (χ4v) is 5.56. The Bertz CT molecular complexity index is 526. The van der Waals surface area contributed by atoms with Crippen molar-refractivity contribution in [2.45, 2.75) is 50.1 Å². The van der Waals surface area contributed by atoms with Gasteiger partial charge in [0.25, 0.3) is 0 Å². The Labute approximate surface area is 137 Å². The highest BCUT2D eigenvalue weighted by Gasteiger charge is 2.49. The van der Waals surface area contributed by atoms with E-state index in [4.69, 9.17) is 4.74 Å². The van der Waals surface area contributed by atoms with Crippen LogP contribution in [0.15, 0.2) is 18.2 Å². The van der Waals surface area contributed by atoms with Crippen LogP contribution in [0, 0.1) is 12.8 Å². The zero-order valence-electron chi connectivity index (χ0n) is 13.5. The van der Waals surface area contributed by atoms with Gasteiger partial charge in [-0.1, -0.05) is 12.5 Å². The summed E-state index contributed by atoms with van der Waals surface area (Å²) >= 11 is 2.15. The summed E-state index contributed by atoms with van der Waals surface area (Å²) in [5, 5.41) is 0. The topological polar surface area (TPSA) is 25.4 Å². The van der Waals surface area contributed by atoms with E-state index in [1.807, 2.05) is 13.0 Å². The van der Waals surface area contributed by atoms with Gasteiger partial charge < -0.3 is 9.64 Å². The van der Waals surface area contributed by atoms with E-state index in [-0.39, 0.29) is 0 Å². The minimum absolute atomic E-state index is 0.415. The Morgan fingerprint density at radius 1 is 1.36 bits per heavy atom. The first-order valence-corrected chi connectivity index (χ1v) is 9.60. The van der Waals surface area contributed by atoms with Crippen molar-refractivity contribution >= 4 is 11.8 Å². The van der Waals surface area contributed by atoms with Gasteiger partial charge in [0.15, 0.2) is 0 Å². The second kappa shape index (κ2) is 6.14. The number of thioether (sulfide) groups is 1. The van der Waals surface area contributed by atoms with Crippen LogP contribution in [-0.4, -0.2) is 46.1 Å². The van der Waals surface area contributed by atoms with E-state index in [0.29, 0.717) is 17.5 Å². The number of ether oxygens (including phenoxy) is 1. The zero-order chi connectivity index (χ0) is 15.0. The Morgan fingerprint density at radius 2 is 2.23 bits per heavy atom. The van der Waals surface area contributed by atoms with E-state index in [9.17, 15) is 0 Å². The maximum atomic E-state index is 6.12. The molecule has 22 heavy (non-hydrogen) atoms. The van der Waals surface area contributed by atoms with Crippen molar-refractivity contribution in [1.82, 2.24) is 9.88 Å². The molecule has 0 radical (unpaired) electrons. The summed E-state index contributed by atoms with van der Waals surface area (Å²) in [6.45, 7) is 6.62. The summed E-state index contributed by atoms with van der Waals surface area (Å²) in [7, 11) is 0. The summed E-state index contributed by atoms with van der Waals surface area (Å²) < 4.78 is 6.63. The fourth-order valence-electron chi connectivity index (χ4n) is 3.95. The monoisotopic (exact) mass is 318 g/mol. The molecule has 1 unspecified atom stereocenters. The van der Waals surface area contributed by atoms with Crippen LogP contribution in [0.5, 0.6) is 0 Å². The molecule has 1 spiro atoms. The SMILES string of the molecule is Cc1cccc(COC2CSC3(C2)CN(CC2CCC2)C3)n1. The third-order valence-electron chi connectivity index (χ3n) is 5.35. The van der Waals surface area contributed by atoms with Crippen LogP contribution >= 0.6 is 11.8 Å². The van der Waals surface area contributed by atoms with Crippen molar-refractivity contribution in [3.05, 3.63) is 29.6 Å². The van der Waals surface area contributed by atoms with Gasteiger partial charge in [0, 0.05) is 35.8 Å². The van der Waals surface area contributed by atoms with Gasteiger partial charge in [-0.25, -0.2) is 0 Å². The molecule has 3 nitrogen and oxygen atoms in total. The van der Waals surface area contributed by atoms with Gasteiger partial charge >= 0.3 is 0 Å². The second-order valence-electron chi connectivity index (χ2n) is 7.37. The smallest absolute Gasteiger partial charge is 0.0892 e. The van der Waals surface area contributed by atoms with Crippen LogP contribution in [-0.2, 0) is 11.3 Å². The molecule has 1 saturated carbocycles. The van der Waals surface area contributed by atoms with Gasteiger partial charge in [-0.3, -0.25) is 4.98 Å². The van der Waals surface area contributed by atoms with E-state index in [1.165, 1.54) is 45.3 Å². The minimum atomic E-state index is 0.415. The molecule has 3 fully saturated rings. The van der Waals surface area contributed by atoms with Gasteiger partial charge in [0.2, 0.25) is 0 Å². The number of aryl methyl sites for hydroxylation is 1. The average molecular weight is 318 g/mol. The summed E-state index contributed by atoms with van der Waals surface area (Å²) in [6.07, 6.45) is 6.03. The summed E-state index contributed by atoms with van der Waals surface area (Å²) in [4.78, 5) is 7.19. The van der Waals surface area contributed by atoms with Gasteiger partial charge in [0.1, 0.15) is 0 Å². The van der Waals surface area contributed by atoms with Crippen molar-refractivity contribution < 1.29 is 4.74 Å². The molecule has 3 aliphatic rings. The minimum Gasteiger partial charge on any atom is -0.371 e. The van der Waals surface area contributed by atoms with Crippen LogP contribution in [0.4, 0.5) is 0 Å². The van der Waals surface area contributed by atoms with Crippen molar-refractivity contribution in [2.24, 2.45) is 5.92 Å². The van der Waals surface area contributed by atoms with Crippen LogP contribution < -0.4 is 0 Å². The summed E-state index contributed by atoms with van der Waals surface area (Å²) in [6, 6.07) is 6.17. The predicted octanol–water partition coefficient (Wildman–Crippen LogP) is 3.27. The van der Waals surface area contributed by atoms with Crippen LogP contribution in [0.2, 0.25) is 0 Å². The molecule has 3 heterocycles. The molecule has 1 aromatic heterocycles. The standard InChI is InChI=1S/C18H26N2OS/c1-14-4-2-7-16(19-14)10-21-17-8-18(22-11-17)12-20(13-18)9-15-5-3-6-15/h2,4,7,15,17H,3,5-6,8-13H2,1H3. The lowest BCUT2D eigenvalue weighted by Crippen LogP contribution is -2.60. The highest BCUT2D eigenvalue weighted by molar-refractivity contribution is 8.01. The largest absolute Gasteiger partial charge is 0.371 e. The highest BCUT2D eigenvalue weighted by Crippen LogP contribution is 2.46. The predicted molar refractivity (Wildman–Crippen MR) is 91.1 cm³/mol. The Morgan fingerprint density at radius 3 is 2.95 bits per heavy atom. The summed E-state index contributed by atoms with van der Waals surface area (Å²) in [5.41, 5.74) is 2.13. The first kappa shape index (κ1) is 15.0.